The maximum absolute atomic E-state index is 12.9. The summed E-state index contributed by atoms with van der Waals surface area (Å²) in [5.41, 5.74) is 1.80. The number of thioether (sulfide) groups is 1. The van der Waals surface area contributed by atoms with E-state index >= 15 is 0 Å². The summed E-state index contributed by atoms with van der Waals surface area (Å²) in [7, 11) is 0. The van der Waals surface area contributed by atoms with Crippen LogP contribution < -0.4 is 4.74 Å². The number of hydrogen-bond acceptors (Lipinski definition) is 6. The Kier molecular flexibility index (Phi) is 4.62. The van der Waals surface area contributed by atoms with Crippen LogP contribution >= 0.6 is 23.1 Å². The maximum Gasteiger partial charge on any atom is 0.195 e. The Morgan fingerprint density at radius 1 is 1.12 bits per heavy atom. The van der Waals surface area contributed by atoms with Gasteiger partial charge in [-0.2, -0.15) is 0 Å². The number of pyridine rings is 1. The minimum Gasteiger partial charge on any atom is -0.486 e. The average Bonchev–Trinajstić information content (AvgIpc) is 3.26. The molecule has 0 amide bonds. The molecule has 126 valence electrons. The van der Waals surface area contributed by atoms with E-state index in [1.807, 2.05) is 34.2 Å². The van der Waals surface area contributed by atoms with Crippen molar-refractivity contribution >= 4 is 28.7 Å². The Hall–Kier alpha value is -2.45. The van der Waals surface area contributed by atoms with E-state index in [2.05, 4.69) is 15.2 Å². The highest BCUT2D eigenvalue weighted by Crippen LogP contribution is 2.23. The van der Waals surface area contributed by atoms with Crippen LogP contribution in [0.4, 0.5) is 4.39 Å². The quantitative estimate of drug-likeness (QED) is 0.475. The molecule has 0 aliphatic rings. The van der Waals surface area contributed by atoms with Crippen LogP contribution in [-0.4, -0.2) is 19.6 Å². The minimum absolute atomic E-state index is 0.276. The van der Waals surface area contributed by atoms with Gasteiger partial charge in [-0.3, -0.25) is 4.40 Å². The Morgan fingerprint density at radius 3 is 2.88 bits per heavy atom. The molecule has 5 nitrogen and oxygen atoms in total. The van der Waals surface area contributed by atoms with Crippen molar-refractivity contribution in [3.63, 3.8) is 0 Å². The van der Waals surface area contributed by atoms with Crippen molar-refractivity contribution in [1.29, 1.82) is 0 Å². The molecule has 3 heterocycles. The number of ether oxygens (including phenoxy) is 1. The van der Waals surface area contributed by atoms with Gasteiger partial charge in [0.15, 0.2) is 10.8 Å². The lowest BCUT2D eigenvalue weighted by Gasteiger charge is -2.03. The van der Waals surface area contributed by atoms with Gasteiger partial charge in [0.25, 0.3) is 0 Å². The molecule has 0 atom stereocenters. The van der Waals surface area contributed by atoms with Crippen LogP contribution in [0.15, 0.2) is 59.2 Å². The average molecular weight is 372 g/mol. The molecule has 0 radical (unpaired) electrons. The zero-order chi connectivity index (χ0) is 17.1. The molecule has 0 N–H and O–H groups in total. The number of thiazole rings is 1. The van der Waals surface area contributed by atoms with E-state index in [0.29, 0.717) is 18.1 Å². The first-order valence-electron chi connectivity index (χ1n) is 7.52. The lowest BCUT2D eigenvalue weighted by molar-refractivity contribution is 0.305. The minimum atomic E-state index is -0.276. The van der Waals surface area contributed by atoms with Crippen LogP contribution in [0, 0.1) is 5.82 Å². The molecule has 0 saturated heterocycles. The number of fused-ring (bicyclic) bond motifs is 1. The fourth-order valence-corrected chi connectivity index (χ4v) is 3.84. The Morgan fingerprint density at radius 2 is 2.00 bits per heavy atom. The fourth-order valence-electron chi connectivity index (χ4n) is 2.21. The molecule has 1 aromatic carbocycles. The smallest absolute Gasteiger partial charge is 0.195 e. The van der Waals surface area contributed by atoms with Gasteiger partial charge in [0, 0.05) is 17.3 Å². The number of rotatable bonds is 6. The molecule has 0 aliphatic carbocycles. The van der Waals surface area contributed by atoms with Crippen LogP contribution in [-0.2, 0) is 12.4 Å². The summed E-state index contributed by atoms with van der Waals surface area (Å²) in [6.07, 6.45) is 1.95. The molecule has 0 bridgehead atoms. The SMILES string of the molecule is Fc1ccc(OCc2nc(CSc3nnc4ccccn34)cs2)cc1. The van der Waals surface area contributed by atoms with Crippen LogP contribution in [0.2, 0.25) is 0 Å². The number of hydrogen-bond donors (Lipinski definition) is 0. The predicted molar refractivity (Wildman–Crippen MR) is 95.4 cm³/mol. The van der Waals surface area contributed by atoms with Gasteiger partial charge in [-0.25, -0.2) is 9.37 Å². The molecule has 3 aromatic heterocycles. The predicted octanol–water partition coefficient (Wildman–Crippen LogP) is 4.20. The van der Waals surface area contributed by atoms with E-state index in [9.17, 15) is 4.39 Å². The van der Waals surface area contributed by atoms with E-state index in [4.69, 9.17) is 4.74 Å². The van der Waals surface area contributed by atoms with Gasteiger partial charge >= 0.3 is 0 Å². The first-order chi connectivity index (χ1) is 12.3. The van der Waals surface area contributed by atoms with Gasteiger partial charge in [0.1, 0.15) is 23.2 Å². The van der Waals surface area contributed by atoms with Crippen molar-refractivity contribution in [2.24, 2.45) is 0 Å². The van der Waals surface area contributed by atoms with Crippen molar-refractivity contribution in [2.75, 3.05) is 0 Å². The molecule has 4 rings (SSSR count). The molecule has 0 saturated carbocycles. The summed E-state index contributed by atoms with van der Waals surface area (Å²) in [6.45, 7) is 0.370. The lowest BCUT2D eigenvalue weighted by Crippen LogP contribution is -1.95. The second-order valence-electron chi connectivity index (χ2n) is 5.18. The molecular formula is C17H13FN4OS2. The molecule has 4 aromatic rings. The van der Waals surface area contributed by atoms with Crippen LogP contribution in [0.5, 0.6) is 5.75 Å². The van der Waals surface area contributed by atoms with Crippen molar-refractivity contribution in [3.05, 3.63) is 70.6 Å². The summed E-state index contributed by atoms with van der Waals surface area (Å²) < 4.78 is 20.4. The highest BCUT2D eigenvalue weighted by Gasteiger charge is 2.08. The summed E-state index contributed by atoms with van der Waals surface area (Å²) in [6, 6.07) is 11.8. The second-order valence-corrected chi connectivity index (χ2v) is 7.06. The third-order valence-corrected chi connectivity index (χ3v) is 5.25. The number of aromatic nitrogens is 4. The maximum atomic E-state index is 12.9. The van der Waals surface area contributed by atoms with Gasteiger partial charge in [0.2, 0.25) is 0 Å². The molecule has 0 spiro atoms. The lowest BCUT2D eigenvalue weighted by atomic mass is 10.3. The highest BCUT2D eigenvalue weighted by atomic mass is 32.2. The molecule has 8 heteroatoms. The van der Waals surface area contributed by atoms with E-state index in [1.54, 1.807) is 35.2 Å². The van der Waals surface area contributed by atoms with Crippen LogP contribution in [0.1, 0.15) is 10.7 Å². The monoisotopic (exact) mass is 372 g/mol. The van der Waals surface area contributed by atoms with Crippen molar-refractivity contribution < 1.29 is 9.13 Å². The largest absolute Gasteiger partial charge is 0.486 e. The molecular weight excluding hydrogens is 359 g/mol. The van der Waals surface area contributed by atoms with Gasteiger partial charge in [-0.05, 0) is 36.4 Å². The van der Waals surface area contributed by atoms with Crippen LogP contribution in [0.25, 0.3) is 5.65 Å². The molecule has 0 aliphatic heterocycles. The fraction of sp³-hybridized carbons (Fsp3) is 0.118. The third kappa shape index (κ3) is 3.80. The zero-order valence-corrected chi connectivity index (χ0v) is 14.6. The van der Waals surface area contributed by atoms with Crippen molar-refractivity contribution in [1.82, 2.24) is 19.6 Å². The first-order valence-corrected chi connectivity index (χ1v) is 9.39. The number of halogens is 1. The Balaban J connectivity index is 1.35. The standard InChI is InChI=1S/C17H13FN4OS2/c18-12-4-6-14(7-5-12)23-9-16-19-13(10-24-16)11-25-17-21-20-15-3-1-2-8-22(15)17/h1-8,10H,9,11H2. The van der Waals surface area contributed by atoms with Gasteiger partial charge in [-0.1, -0.05) is 17.8 Å². The Bertz CT molecular complexity index is 984. The van der Waals surface area contributed by atoms with Crippen LogP contribution in [0.3, 0.4) is 0 Å². The highest BCUT2D eigenvalue weighted by molar-refractivity contribution is 7.98. The number of benzene rings is 1. The zero-order valence-electron chi connectivity index (χ0n) is 13.0. The van der Waals surface area contributed by atoms with Gasteiger partial charge in [0.05, 0.1) is 5.69 Å². The summed E-state index contributed by atoms with van der Waals surface area (Å²) in [4.78, 5) is 4.56. The van der Waals surface area contributed by atoms with Crippen molar-refractivity contribution in [3.8, 4) is 5.75 Å². The molecule has 25 heavy (non-hydrogen) atoms. The summed E-state index contributed by atoms with van der Waals surface area (Å²) in [5.74, 6) is 1.06. The third-order valence-electron chi connectivity index (χ3n) is 3.41. The first kappa shape index (κ1) is 16.0. The van der Waals surface area contributed by atoms with Gasteiger partial charge < -0.3 is 4.74 Å². The number of nitrogens with zero attached hydrogens (tertiary/aromatic N) is 4. The second kappa shape index (κ2) is 7.20. The normalized spacial score (nSPS) is 11.1. The van der Waals surface area contributed by atoms with E-state index < -0.39 is 0 Å². The summed E-state index contributed by atoms with van der Waals surface area (Å²) in [5, 5.41) is 12.1. The van der Waals surface area contributed by atoms with E-state index in [1.165, 1.54) is 12.1 Å². The molecule has 0 fully saturated rings. The van der Waals surface area contributed by atoms with E-state index in [-0.39, 0.29) is 5.82 Å². The molecule has 0 unspecified atom stereocenters. The topological polar surface area (TPSA) is 52.3 Å². The van der Waals surface area contributed by atoms with Gasteiger partial charge in [-0.15, -0.1) is 21.5 Å². The summed E-state index contributed by atoms with van der Waals surface area (Å²) >= 11 is 3.14. The van der Waals surface area contributed by atoms with E-state index in [0.717, 1.165) is 21.5 Å². The Labute approximate surface area is 151 Å². The van der Waals surface area contributed by atoms with Crippen molar-refractivity contribution in [2.45, 2.75) is 17.5 Å².